The molecular formula is C10H12ClN3O2. The molecule has 0 fully saturated rings. The summed E-state index contributed by atoms with van der Waals surface area (Å²) in [5.41, 5.74) is 7.41. The van der Waals surface area contributed by atoms with E-state index in [0.29, 0.717) is 16.8 Å². The first kappa shape index (κ1) is 11.1. The zero-order chi connectivity index (χ0) is 11.7. The second kappa shape index (κ2) is 4.21. The molecule has 0 atom stereocenters. The van der Waals surface area contributed by atoms with Crippen LogP contribution in [0.15, 0.2) is 30.2 Å². The summed E-state index contributed by atoms with van der Waals surface area (Å²) in [7, 11) is 0. The summed E-state index contributed by atoms with van der Waals surface area (Å²) in [6.07, 6.45) is 1.49. The SMILES string of the molecule is Cc1ccc(CN2C=C(N)N(O)O2)cc1Cl. The smallest absolute Gasteiger partial charge is 0.176 e. The molecular weight excluding hydrogens is 230 g/mol. The van der Waals surface area contributed by atoms with Crippen LogP contribution >= 0.6 is 11.6 Å². The number of hydroxylamine groups is 4. The summed E-state index contributed by atoms with van der Waals surface area (Å²) in [5, 5.41) is 11.7. The number of benzene rings is 1. The first-order valence-electron chi connectivity index (χ1n) is 4.72. The summed E-state index contributed by atoms with van der Waals surface area (Å²) in [6, 6.07) is 5.72. The summed E-state index contributed by atoms with van der Waals surface area (Å²) >= 11 is 6.00. The molecule has 1 aliphatic heterocycles. The van der Waals surface area contributed by atoms with E-state index in [9.17, 15) is 0 Å². The van der Waals surface area contributed by atoms with Crippen LogP contribution in [0.2, 0.25) is 5.02 Å². The number of hydrogen-bond acceptors (Lipinski definition) is 5. The molecule has 5 nitrogen and oxygen atoms in total. The molecule has 0 saturated carbocycles. The van der Waals surface area contributed by atoms with E-state index in [4.69, 9.17) is 27.5 Å². The average molecular weight is 242 g/mol. The van der Waals surface area contributed by atoms with Crippen LogP contribution in [0.4, 0.5) is 0 Å². The third kappa shape index (κ3) is 2.21. The maximum Gasteiger partial charge on any atom is 0.176 e. The molecule has 0 radical (unpaired) electrons. The van der Waals surface area contributed by atoms with Gasteiger partial charge in [-0.25, -0.2) is 5.06 Å². The lowest BCUT2D eigenvalue weighted by Crippen LogP contribution is -2.22. The Morgan fingerprint density at radius 2 is 2.25 bits per heavy atom. The second-order valence-electron chi connectivity index (χ2n) is 3.57. The molecule has 0 bridgehead atoms. The fourth-order valence-corrected chi connectivity index (χ4v) is 1.56. The Morgan fingerprint density at radius 3 is 2.81 bits per heavy atom. The zero-order valence-corrected chi connectivity index (χ0v) is 9.48. The number of hydrogen-bond donors (Lipinski definition) is 2. The van der Waals surface area contributed by atoms with Crippen molar-refractivity contribution >= 4 is 11.6 Å². The Balaban J connectivity index is 2.08. The van der Waals surface area contributed by atoms with Crippen molar-refractivity contribution in [2.75, 3.05) is 0 Å². The van der Waals surface area contributed by atoms with Crippen LogP contribution in [0.3, 0.4) is 0 Å². The van der Waals surface area contributed by atoms with E-state index < -0.39 is 0 Å². The molecule has 0 aliphatic carbocycles. The molecule has 16 heavy (non-hydrogen) atoms. The zero-order valence-electron chi connectivity index (χ0n) is 8.72. The molecule has 1 heterocycles. The van der Waals surface area contributed by atoms with Gasteiger partial charge in [0, 0.05) is 5.02 Å². The van der Waals surface area contributed by atoms with E-state index in [-0.39, 0.29) is 5.82 Å². The Kier molecular flexibility index (Phi) is 2.91. The number of halogens is 1. The lowest BCUT2D eigenvalue weighted by molar-refractivity contribution is -0.389. The van der Waals surface area contributed by atoms with E-state index in [1.165, 1.54) is 11.3 Å². The molecule has 3 N–H and O–H groups in total. The van der Waals surface area contributed by atoms with E-state index in [1.54, 1.807) is 0 Å². The number of nitrogens with two attached hydrogens (primary N) is 1. The van der Waals surface area contributed by atoms with E-state index >= 15 is 0 Å². The van der Waals surface area contributed by atoms with E-state index in [0.717, 1.165) is 11.1 Å². The molecule has 0 unspecified atom stereocenters. The van der Waals surface area contributed by atoms with E-state index in [2.05, 4.69) is 0 Å². The van der Waals surface area contributed by atoms with Gasteiger partial charge in [-0.1, -0.05) is 29.0 Å². The van der Waals surface area contributed by atoms with Gasteiger partial charge in [0.05, 0.1) is 12.7 Å². The fourth-order valence-electron chi connectivity index (χ4n) is 1.36. The maximum atomic E-state index is 9.09. The van der Waals surface area contributed by atoms with Gasteiger partial charge >= 0.3 is 0 Å². The van der Waals surface area contributed by atoms with Gasteiger partial charge in [-0.2, -0.15) is 0 Å². The van der Waals surface area contributed by atoms with E-state index in [1.807, 2.05) is 25.1 Å². The number of rotatable bonds is 2. The van der Waals surface area contributed by atoms with Crippen molar-refractivity contribution < 1.29 is 10.1 Å². The highest BCUT2D eigenvalue weighted by Crippen LogP contribution is 2.20. The Labute approximate surface area is 98.1 Å². The van der Waals surface area contributed by atoms with Crippen LogP contribution in [-0.4, -0.2) is 15.5 Å². The van der Waals surface area contributed by atoms with Gasteiger partial charge in [-0.15, -0.1) is 4.94 Å². The lowest BCUT2D eigenvalue weighted by atomic mass is 10.1. The molecule has 1 aromatic rings. The predicted octanol–water partition coefficient (Wildman–Crippen LogP) is 1.76. The quantitative estimate of drug-likeness (QED) is 0.826. The Bertz CT molecular complexity index is 436. The average Bonchev–Trinajstić information content (AvgIpc) is 2.52. The van der Waals surface area contributed by atoms with Crippen LogP contribution in [0, 0.1) is 6.92 Å². The minimum absolute atomic E-state index is 0.137. The highest BCUT2D eigenvalue weighted by Gasteiger charge is 2.18. The summed E-state index contributed by atoms with van der Waals surface area (Å²) in [6.45, 7) is 2.39. The van der Waals surface area contributed by atoms with Gasteiger partial charge in [0.1, 0.15) is 0 Å². The monoisotopic (exact) mass is 241 g/mol. The summed E-state index contributed by atoms with van der Waals surface area (Å²) < 4.78 is 0. The molecule has 6 heteroatoms. The van der Waals surface area contributed by atoms with Crippen molar-refractivity contribution in [1.82, 2.24) is 10.3 Å². The lowest BCUT2D eigenvalue weighted by Gasteiger charge is -2.15. The molecule has 2 rings (SSSR count). The largest absolute Gasteiger partial charge is 0.380 e. The molecule has 1 aromatic carbocycles. The van der Waals surface area contributed by atoms with Crippen LogP contribution in [0.5, 0.6) is 0 Å². The summed E-state index contributed by atoms with van der Waals surface area (Å²) in [4.78, 5) is 4.91. The third-order valence-electron chi connectivity index (χ3n) is 2.25. The van der Waals surface area contributed by atoms with Gasteiger partial charge in [0.2, 0.25) is 0 Å². The highest BCUT2D eigenvalue weighted by molar-refractivity contribution is 6.31. The van der Waals surface area contributed by atoms with Gasteiger partial charge < -0.3 is 5.73 Å². The van der Waals surface area contributed by atoms with Gasteiger partial charge in [0.25, 0.3) is 0 Å². The molecule has 0 spiro atoms. The van der Waals surface area contributed by atoms with Gasteiger partial charge in [-0.05, 0) is 24.1 Å². The van der Waals surface area contributed by atoms with Crippen molar-refractivity contribution in [3.63, 3.8) is 0 Å². The van der Waals surface area contributed by atoms with Crippen LogP contribution in [0.1, 0.15) is 11.1 Å². The van der Waals surface area contributed by atoms with Crippen LogP contribution in [0.25, 0.3) is 0 Å². The van der Waals surface area contributed by atoms with Crippen molar-refractivity contribution in [3.05, 3.63) is 46.4 Å². The molecule has 0 amide bonds. The maximum absolute atomic E-state index is 9.09. The second-order valence-corrected chi connectivity index (χ2v) is 3.97. The first-order valence-corrected chi connectivity index (χ1v) is 5.10. The minimum Gasteiger partial charge on any atom is -0.380 e. The molecule has 1 aliphatic rings. The van der Waals surface area contributed by atoms with Gasteiger partial charge in [0.15, 0.2) is 5.82 Å². The first-order chi connectivity index (χ1) is 7.56. The minimum atomic E-state index is 0.137. The molecule has 0 saturated heterocycles. The summed E-state index contributed by atoms with van der Waals surface area (Å²) in [5.74, 6) is 0.137. The van der Waals surface area contributed by atoms with Crippen molar-refractivity contribution in [2.24, 2.45) is 5.73 Å². The predicted molar refractivity (Wildman–Crippen MR) is 58.7 cm³/mol. The fraction of sp³-hybridized carbons (Fsp3) is 0.200. The topological polar surface area (TPSA) is 62.0 Å². The van der Waals surface area contributed by atoms with Crippen molar-refractivity contribution in [2.45, 2.75) is 13.5 Å². The molecule has 0 aromatic heterocycles. The van der Waals surface area contributed by atoms with Crippen molar-refractivity contribution in [1.29, 1.82) is 0 Å². The number of nitrogens with zero attached hydrogens (tertiary/aromatic N) is 2. The van der Waals surface area contributed by atoms with Crippen LogP contribution < -0.4 is 5.73 Å². The highest BCUT2D eigenvalue weighted by atomic mass is 35.5. The standard InChI is InChI=1S/C10H12ClN3O2/c1-7-2-3-8(4-9(7)11)5-13-6-10(12)14(15)16-13/h2-4,6,15H,5,12H2,1H3. The van der Waals surface area contributed by atoms with Crippen LogP contribution in [-0.2, 0) is 11.5 Å². The van der Waals surface area contributed by atoms with Crippen molar-refractivity contribution in [3.8, 4) is 0 Å². The normalized spacial score (nSPS) is 15.6. The number of aryl methyl sites for hydroxylation is 1. The third-order valence-corrected chi connectivity index (χ3v) is 2.66. The Hall–Kier alpha value is -1.43. The molecule has 86 valence electrons. The Morgan fingerprint density at radius 1 is 1.50 bits per heavy atom. The van der Waals surface area contributed by atoms with Gasteiger partial charge in [-0.3, -0.25) is 5.21 Å².